The lowest BCUT2D eigenvalue weighted by Crippen LogP contribution is -2.35. The summed E-state index contributed by atoms with van der Waals surface area (Å²) < 4.78 is 11.2. The van der Waals surface area contributed by atoms with Crippen molar-refractivity contribution in [2.45, 2.75) is 63.7 Å². The molecule has 1 atom stereocenters. The normalized spacial score (nSPS) is 16.5. The molecule has 4 aromatic rings. The van der Waals surface area contributed by atoms with Gasteiger partial charge in [-0.2, -0.15) is 0 Å². The van der Waals surface area contributed by atoms with E-state index in [2.05, 4.69) is 25.9 Å². The summed E-state index contributed by atoms with van der Waals surface area (Å²) in [5, 5.41) is 10.8. The highest BCUT2D eigenvalue weighted by Gasteiger charge is 2.22. The topological polar surface area (TPSA) is 123 Å². The van der Waals surface area contributed by atoms with Gasteiger partial charge in [-0.3, -0.25) is 14.8 Å². The Kier molecular flexibility index (Phi) is 10.3. The Morgan fingerprint density at radius 3 is 1.87 bits per heavy atom. The number of amides is 1. The van der Waals surface area contributed by atoms with Crippen LogP contribution in [0.15, 0.2) is 48.8 Å². The van der Waals surface area contributed by atoms with E-state index in [1.54, 1.807) is 26.6 Å². The van der Waals surface area contributed by atoms with Crippen molar-refractivity contribution in [2.24, 2.45) is 0 Å². The maximum absolute atomic E-state index is 11.5. The quantitative estimate of drug-likeness (QED) is 0.168. The summed E-state index contributed by atoms with van der Waals surface area (Å²) in [6.45, 7) is 1.69. The van der Waals surface area contributed by atoms with Crippen LogP contribution < -0.4 is 25.4 Å². The zero-order chi connectivity index (χ0) is 32.0. The molecule has 2 fully saturated rings. The first-order chi connectivity index (χ1) is 22.4. The van der Waals surface area contributed by atoms with Gasteiger partial charge in [0.05, 0.1) is 48.0 Å². The molecule has 2 aromatic carbocycles. The first-order valence-electron chi connectivity index (χ1n) is 15.6. The van der Waals surface area contributed by atoms with Crippen molar-refractivity contribution in [1.29, 1.82) is 0 Å². The second-order valence-electron chi connectivity index (χ2n) is 11.6. The highest BCUT2D eigenvalue weighted by molar-refractivity contribution is 6.39. The molecular formula is C34H37Cl2N7O3. The number of rotatable bonds is 12. The molecule has 12 heteroatoms. The fraction of sp³-hybridized carbons (Fsp3) is 0.382. The number of nitrogens with one attached hydrogen (secondary N) is 3. The molecule has 1 saturated heterocycles. The molecule has 0 unspecified atom stereocenters. The zero-order valence-electron chi connectivity index (χ0n) is 25.9. The van der Waals surface area contributed by atoms with Crippen LogP contribution in [0.2, 0.25) is 10.0 Å². The van der Waals surface area contributed by atoms with Crippen molar-refractivity contribution in [3.8, 4) is 45.4 Å². The molecular weight excluding hydrogens is 625 g/mol. The SMILES string of the molecule is COc1nc(-c2cccc(-c3cccc(-c4cnc(CNC5CCCC5)c(OC)n4)c3Cl)c2Cl)cnc1CNC[C@@H]1CCC(=O)N1. The molecule has 2 aliphatic rings. The van der Waals surface area contributed by atoms with Crippen LogP contribution in [0.5, 0.6) is 11.8 Å². The highest BCUT2D eigenvalue weighted by atomic mass is 35.5. The van der Waals surface area contributed by atoms with Gasteiger partial charge in [-0.15, -0.1) is 0 Å². The average molecular weight is 663 g/mol. The van der Waals surface area contributed by atoms with Crippen LogP contribution in [0.3, 0.4) is 0 Å². The van der Waals surface area contributed by atoms with E-state index in [1.165, 1.54) is 25.7 Å². The van der Waals surface area contributed by atoms with Crippen LogP contribution in [-0.2, 0) is 17.9 Å². The van der Waals surface area contributed by atoms with Gasteiger partial charge in [0.15, 0.2) is 0 Å². The predicted octanol–water partition coefficient (Wildman–Crippen LogP) is 5.99. The number of halogens is 2. The number of methoxy groups -OCH3 is 2. The fourth-order valence-electron chi connectivity index (χ4n) is 6.06. The number of nitrogens with zero attached hydrogens (tertiary/aromatic N) is 4. The molecule has 10 nitrogen and oxygen atoms in total. The van der Waals surface area contributed by atoms with E-state index in [0.717, 1.165) is 28.8 Å². The largest absolute Gasteiger partial charge is 0.480 e. The van der Waals surface area contributed by atoms with Gasteiger partial charge in [0.25, 0.3) is 0 Å². The predicted molar refractivity (Wildman–Crippen MR) is 179 cm³/mol. The Morgan fingerprint density at radius 1 is 0.804 bits per heavy atom. The summed E-state index contributed by atoms with van der Waals surface area (Å²) in [5.41, 5.74) is 5.51. The van der Waals surface area contributed by atoms with E-state index in [1.807, 2.05) is 36.4 Å². The molecule has 0 bridgehead atoms. The van der Waals surface area contributed by atoms with Gasteiger partial charge in [0.2, 0.25) is 17.7 Å². The van der Waals surface area contributed by atoms with Crippen LogP contribution in [0.1, 0.15) is 49.9 Å². The standard InChI is InChI=1S/C34H37Cl2N7O3/c1-45-33-28(16-37-15-21-13-14-30(44)41-21)39-17-26(42-33)24-11-5-9-22(31(24)35)23-10-6-12-25(32(23)36)27-18-40-29(34(43-27)46-2)19-38-20-7-3-4-8-20/h5-6,9-12,17-18,20-21,37-38H,3-4,7-8,13-16,19H2,1-2H3,(H,41,44)/t21-/m0/s1. The maximum atomic E-state index is 11.5. The number of benzene rings is 2. The van der Waals surface area contributed by atoms with E-state index >= 15 is 0 Å². The maximum Gasteiger partial charge on any atom is 0.237 e. The number of hydrogen-bond donors (Lipinski definition) is 3. The van der Waals surface area contributed by atoms with Gasteiger partial charge in [0, 0.05) is 60.4 Å². The van der Waals surface area contributed by atoms with Gasteiger partial charge >= 0.3 is 0 Å². The van der Waals surface area contributed by atoms with Gasteiger partial charge in [-0.1, -0.05) is 72.4 Å². The second kappa shape index (κ2) is 14.7. The molecule has 1 amide bonds. The smallest absolute Gasteiger partial charge is 0.237 e. The minimum absolute atomic E-state index is 0.0888. The number of ether oxygens (including phenoxy) is 2. The van der Waals surface area contributed by atoms with Crippen molar-refractivity contribution in [2.75, 3.05) is 20.8 Å². The van der Waals surface area contributed by atoms with Gasteiger partial charge in [-0.05, 0) is 19.3 Å². The van der Waals surface area contributed by atoms with Crippen LogP contribution >= 0.6 is 23.2 Å². The van der Waals surface area contributed by atoms with Gasteiger partial charge < -0.3 is 25.4 Å². The van der Waals surface area contributed by atoms with Gasteiger partial charge in [0.1, 0.15) is 11.4 Å². The van der Waals surface area contributed by atoms with E-state index in [0.29, 0.717) is 76.5 Å². The van der Waals surface area contributed by atoms with Crippen molar-refractivity contribution < 1.29 is 14.3 Å². The van der Waals surface area contributed by atoms with Crippen molar-refractivity contribution in [3.63, 3.8) is 0 Å². The first kappa shape index (κ1) is 32.1. The Bertz CT molecular complexity index is 1710. The summed E-state index contributed by atoms with van der Waals surface area (Å²) in [7, 11) is 3.17. The molecule has 6 rings (SSSR count). The lowest BCUT2D eigenvalue weighted by Gasteiger charge is -2.16. The summed E-state index contributed by atoms with van der Waals surface area (Å²) in [5.74, 6) is 0.961. The van der Waals surface area contributed by atoms with Crippen molar-refractivity contribution in [3.05, 3.63) is 70.2 Å². The summed E-state index contributed by atoms with van der Waals surface area (Å²) >= 11 is 14.1. The monoisotopic (exact) mass is 661 g/mol. The molecule has 1 aliphatic carbocycles. The summed E-state index contributed by atoms with van der Waals surface area (Å²) in [6, 6.07) is 12.1. The molecule has 2 aromatic heterocycles. The lowest BCUT2D eigenvalue weighted by molar-refractivity contribution is -0.119. The lowest BCUT2D eigenvalue weighted by atomic mass is 9.98. The van der Waals surface area contributed by atoms with E-state index < -0.39 is 0 Å². The first-order valence-corrected chi connectivity index (χ1v) is 16.3. The third-order valence-electron chi connectivity index (χ3n) is 8.53. The molecule has 46 heavy (non-hydrogen) atoms. The number of carbonyl (C=O) groups excluding carboxylic acids is 1. The van der Waals surface area contributed by atoms with E-state index in [4.69, 9.17) is 42.6 Å². The molecule has 0 radical (unpaired) electrons. The Morgan fingerprint density at radius 2 is 1.35 bits per heavy atom. The zero-order valence-corrected chi connectivity index (χ0v) is 27.4. The van der Waals surface area contributed by atoms with Crippen molar-refractivity contribution >= 4 is 29.1 Å². The molecule has 3 N–H and O–H groups in total. The Balaban J connectivity index is 1.23. The number of hydrogen-bond acceptors (Lipinski definition) is 9. The van der Waals surface area contributed by atoms with Crippen LogP contribution in [0.4, 0.5) is 0 Å². The average Bonchev–Trinajstić information content (AvgIpc) is 3.76. The summed E-state index contributed by atoms with van der Waals surface area (Å²) in [4.78, 5) is 30.3. The fourth-order valence-corrected chi connectivity index (χ4v) is 6.71. The van der Waals surface area contributed by atoms with Crippen LogP contribution in [-0.4, -0.2) is 58.7 Å². The van der Waals surface area contributed by atoms with Crippen LogP contribution in [0, 0.1) is 0 Å². The second-order valence-corrected chi connectivity index (χ2v) is 12.3. The minimum atomic E-state index is 0.0888. The third-order valence-corrected chi connectivity index (χ3v) is 9.35. The van der Waals surface area contributed by atoms with Crippen molar-refractivity contribution in [1.82, 2.24) is 35.9 Å². The van der Waals surface area contributed by atoms with Crippen LogP contribution in [0.25, 0.3) is 33.6 Å². The summed E-state index contributed by atoms with van der Waals surface area (Å²) in [6.07, 6.45) is 9.70. The van der Waals surface area contributed by atoms with E-state index in [9.17, 15) is 4.79 Å². The Labute approximate surface area is 278 Å². The molecule has 3 heterocycles. The molecule has 1 saturated carbocycles. The molecule has 1 aliphatic heterocycles. The van der Waals surface area contributed by atoms with Gasteiger partial charge in [-0.25, -0.2) is 9.97 Å². The molecule has 0 spiro atoms. The highest BCUT2D eigenvalue weighted by Crippen LogP contribution is 2.42. The number of aromatic nitrogens is 4. The third kappa shape index (κ3) is 7.10. The Hall–Kier alpha value is -3.83. The van der Waals surface area contributed by atoms with E-state index in [-0.39, 0.29) is 11.9 Å². The number of carbonyl (C=O) groups is 1. The minimum Gasteiger partial charge on any atom is -0.480 e. The molecule has 240 valence electrons.